The highest BCUT2D eigenvalue weighted by Crippen LogP contribution is 2.28. The molecule has 1 aliphatic rings. The van der Waals surface area contributed by atoms with E-state index >= 15 is 0 Å². The van der Waals surface area contributed by atoms with Crippen molar-refractivity contribution in [3.8, 4) is 0 Å². The van der Waals surface area contributed by atoms with Crippen LogP contribution in [0.25, 0.3) is 0 Å². The normalized spacial score (nSPS) is 27.9. The Bertz CT molecular complexity index is 315. The smallest absolute Gasteiger partial charge is 0.326 e. The zero-order valence-electron chi connectivity index (χ0n) is 10.2. The molecule has 1 unspecified atom stereocenters. The summed E-state index contributed by atoms with van der Waals surface area (Å²) < 4.78 is 0. The maximum absolute atomic E-state index is 12.3. The molecule has 6 nitrogen and oxygen atoms in total. The minimum Gasteiger partial charge on any atom is -0.480 e. The van der Waals surface area contributed by atoms with Crippen LogP contribution in [0.5, 0.6) is 0 Å². The van der Waals surface area contributed by atoms with E-state index in [0.717, 1.165) is 0 Å². The second kappa shape index (κ2) is 5.01. The summed E-state index contributed by atoms with van der Waals surface area (Å²) in [6.45, 7) is 3.80. The zero-order valence-corrected chi connectivity index (χ0v) is 10.2. The van der Waals surface area contributed by atoms with Gasteiger partial charge in [-0.1, -0.05) is 6.92 Å². The molecule has 1 fully saturated rings. The number of nitrogens with zero attached hydrogens (tertiary/aromatic N) is 1. The Kier molecular flexibility index (Phi) is 4.11. The molecule has 1 amide bonds. The molecule has 0 saturated carbocycles. The number of aliphatic hydroxyl groups excluding tert-OH is 1. The molecule has 1 saturated heterocycles. The van der Waals surface area contributed by atoms with Gasteiger partial charge < -0.3 is 20.8 Å². The highest BCUT2D eigenvalue weighted by Gasteiger charge is 2.44. The van der Waals surface area contributed by atoms with Crippen LogP contribution in [0.3, 0.4) is 0 Å². The van der Waals surface area contributed by atoms with E-state index in [4.69, 9.17) is 10.8 Å². The third kappa shape index (κ3) is 2.58. The van der Waals surface area contributed by atoms with E-state index in [2.05, 4.69) is 0 Å². The van der Waals surface area contributed by atoms with Gasteiger partial charge in [-0.3, -0.25) is 4.79 Å². The van der Waals surface area contributed by atoms with Gasteiger partial charge in [-0.05, 0) is 13.3 Å². The molecule has 0 aromatic carbocycles. The lowest BCUT2D eigenvalue weighted by Gasteiger charge is -2.32. The van der Waals surface area contributed by atoms with Gasteiger partial charge in [-0.15, -0.1) is 0 Å². The molecule has 4 N–H and O–H groups in total. The van der Waals surface area contributed by atoms with Crippen LogP contribution in [0.4, 0.5) is 0 Å². The molecule has 0 aromatic heterocycles. The molecule has 1 aliphatic heterocycles. The van der Waals surface area contributed by atoms with Gasteiger partial charge in [-0.2, -0.15) is 0 Å². The van der Waals surface area contributed by atoms with Gasteiger partial charge in [0, 0.05) is 19.5 Å². The minimum absolute atomic E-state index is 0.0748. The topological polar surface area (TPSA) is 104 Å². The first kappa shape index (κ1) is 13.9. The Hall–Kier alpha value is -1.14. The lowest BCUT2D eigenvalue weighted by atomic mass is 9.86. The number of carbonyl (C=O) groups excluding carboxylic acids is 1. The molecule has 0 spiro atoms. The van der Waals surface area contributed by atoms with Crippen LogP contribution in [-0.4, -0.2) is 52.2 Å². The maximum atomic E-state index is 12.3. The number of likely N-dealkylation sites (tertiary alicyclic amines) is 1. The summed E-state index contributed by atoms with van der Waals surface area (Å²) in [4.78, 5) is 24.5. The molecule has 17 heavy (non-hydrogen) atoms. The molecular formula is C11H20N2O4. The van der Waals surface area contributed by atoms with Crippen molar-refractivity contribution in [3.63, 3.8) is 0 Å². The summed E-state index contributed by atoms with van der Waals surface area (Å²) in [7, 11) is 0. The number of aliphatic hydroxyl groups is 1. The summed E-state index contributed by atoms with van der Waals surface area (Å²) in [5, 5.41) is 18.5. The number of carboxylic acids is 1. The third-order valence-corrected chi connectivity index (χ3v) is 3.57. The molecular weight excluding hydrogens is 224 g/mol. The molecule has 3 atom stereocenters. The van der Waals surface area contributed by atoms with E-state index in [1.807, 2.05) is 6.92 Å². The van der Waals surface area contributed by atoms with Crippen molar-refractivity contribution in [2.24, 2.45) is 11.1 Å². The van der Waals surface area contributed by atoms with Gasteiger partial charge >= 0.3 is 5.97 Å². The van der Waals surface area contributed by atoms with Gasteiger partial charge in [0.1, 0.15) is 6.04 Å². The number of carbonyl (C=O) groups is 2. The van der Waals surface area contributed by atoms with Crippen LogP contribution in [0.15, 0.2) is 0 Å². The van der Waals surface area contributed by atoms with E-state index in [1.54, 1.807) is 6.92 Å². The molecule has 0 radical (unpaired) electrons. The van der Waals surface area contributed by atoms with E-state index in [0.29, 0.717) is 6.42 Å². The first-order valence-corrected chi connectivity index (χ1v) is 5.77. The van der Waals surface area contributed by atoms with Gasteiger partial charge in [0.2, 0.25) is 5.91 Å². The van der Waals surface area contributed by atoms with Gasteiger partial charge in [-0.25, -0.2) is 4.79 Å². The molecule has 0 bridgehead atoms. The first-order valence-electron chi connectivity index (χ1n) is 5.77. The molecule has 0 aliphatic carbocycles. The van der Waals surface area contributed by atoms with Crippen LogP contribution < -0.4 is 5.73 Å². The Morgan fingerprint density at radius 2 is 2.12 bits per heavy atom. The summed E-state index contributed by atoms with van der Waals surface area (Å²) in [5.74, 6) is -1.36. The number of hydrogen-bond acceptors (Lipinski definition) is 4. The summed E-state index contributed by atoms with van der Waals surface area (Å²) in [6, 6.07) is -0.935. The van der Waals surface area contributed by atoms with Crippen LogP contribution in [0, 0.1) is 5.41 Å². The zero-order chi connectivity index (χ0) is 13.2. The van der Waals surface area contributed by atoms with Crippen LogP contribution in [-0.2, 0) is 9.59 Å². The average molecular weight is 244 g/mol. The van der Waals surface area contributed by atoms with Gasteiger partial charge in [0.05, 0.1) is 11.5 Å². The van der Waals surface area contributed by atoms with E-state index < -0.39 is 23.5 Å². The monoisotopic (exact) mass is 244 g/mol. The number of nitrogens with two attached hydrogens (primary N) is 1. The fraction of sp³-hybridized carbons (Fsp3) is 0.818. The van der Waals surface area contributed by atoms with Crippen LogP contribution >= 0.6 is 0 Å². The molecule has 6 heteroatoms. The minimum atomic E-state index is -1.08. The number of β-amino-alcohol motifs (C(OH)–C–C–N with tert-alkyl or cyclic N) is 1. The largest absolute Gasteiger partial charge is 0.480 e. The Balaban J connectivity index is 2.91. The van der Waals surface area contributed by atoms with Crippen LogP contribution in [0.2, 0.25) is 0 Å². The summed E-state index contributed by atoms with van der Waals surface area (Å²) in [6.07, 6.45) is -0.133. The fourth-order valence-corrected chi connectivity index (χ4v) is 2.00. The van der Waals surface area contributed by atoms with E-state index in [-0.39, 0.29) is 25.4 Å². The third-order valence-electron chi connectivity index (χ3n) is 3.57. The van der Waals surface area contributed by atoms with Crippen molar-refractivity contribution in [1.29, 1.82) is 0 Å². The number of carboxylic acid groups (broad SMARTS) is 1. The fourth-order valence-electron chi connectivity index (χ4n) is 2.00. The molecule has 1 rings (SSSR count). The summed E-state index contributed by atoms with van der Waals surface area (Å²) in [5.41, 5.74) is 4.83. The van der Waals surface area contributed by atoms with Crippen molar-refractivity contribution in [1.82, 2.24) is 4.90 Å². The lowest BCUT2D eigenvalue weighted by molar-refractivity contribution is -0.152. The van der Waals surface area contributed by atoms with E-state index in [1.165, 1.54) is 4.90 Å². The van der Waals surface area contributed by atoms with Gasteiger partial charge in [0.15, 0.2) is 0 Å². The van der Waals surface area contributed by atoms with Crippen LogP contribution in [0.1, 0.15) is 26.7 Å². The molecule has 1 heterocycles. The predicted octanol–water partition coefficient (Wildman–Crippen LogP) is -0.592. The summed E-state index contributed by atoms with van der Waals surface area (Å²) >= 11 is 0. The van der Waals surface area contributed by atoms with E-state index in [9.17, 15) is 14.7 Å². The lowest BCUT2D eigenvalue weighted by Crippen LogP contribution is -2.50. The van der Waals surface area contributed by atoms with Gasteiger partial charge in [0.25, 0.3) is 0 Å². The highest BCUT2D eigenvalue weighted by molar-refractivity contribution is 5.88. The Morgan fingerprint density at radius 1 is 1.53 bits per heavy atom. The van der Waals surface area contributed by atoms with Crippen molar-refractivity contribution >= 4 is 11.9 Å². The molecule has 98 valence electrons. The van der Waals surface area contributed by atoms with Crippen molar-refractivity contribution < 1.29 is 19.8 Å². The maximum Gasteiger partial charge on any atom is 0.326 e. The number of amides is 1. The standard InChI is InChI=1S/C11H20N2O4/c1-3-11(2,6-12)10(17)13-5-7(14)4-8(13)9(15)16/h7-8,14H,3-6,12H2,1-2H3,(H,15,16)/t7-,8-,11?/m1/s1. The first-order chi connectivity index (χ1) is 7.85. The molecule has 0 aromatic rings. The Labute approximate surface area is 100 Å². The second-order valence-corrected chi connectivity index (χ2v) is 4.82. The SMILES string of the molecule is CCC(C)(CN)C(=O)N1C[C@H](O)C[C@@H]1C(=O)O. The predicted molar refractivity (Wildman–Crippen MR) is 61.2 cm³/mol. The second-order valence-electron chi connectivity index (χ2n) is 4.82. The number of aliphatic carboxylic acids is 1. The van der Waals surface area contributed by atoms with Crippen molar-refractivity contribution in [3.05, 3.63) is 0 Å². The Morgan fingerprint density at radius 3 is 2.53 bits per heavy atom. The quantitative estimate of drug-likeness (QED) is 0.613. The highest BCUT2D eigenvalue weighted by atomic mass is 16.4. The number of hydrogen-bond donors (Lipinski definition) is 3. The van der Waals surface area contributed by atoms with Crippen molar-refractivity contribution in [2.45, 2.75) is 38.8 Å². The van der Waals surface area contributed by atoms with Crippen molar-refractivity contribution in [2.75, 3.05) is 13.1 Å². The average Bonchev–Trinajstić information content (AvgIpc) is 2.69. The number of rotatable bonds is 4.